The van der Waals surface area contributed by atoms with Gasteiger partial charge in [-0.1, -0.05) is 18.2 Å². The molecule has 1 aliphatic rings. The first-order chi connectivity index (χ1) is 9.75. The molecule has 0 aliphatic carbocycles. The highest BCUT2D eigenvalue weighted by molar-refractivity contribution is 5.92. The third-order valence-corrected chi connectivity index (χ3v) is 3.59. The third-order valence-electron chi connectivity index (χ3n) is 3.59. The first-order valence-corrected chi connectivity index (χ1v) is 6.88. The van der Waals surface area contributed by atoms with Crippen LogP contribution in [0.2, 0.25) is 0 Å². The van der Waals surface area contributed by atoms with Crippen molar-refractivity contribution in [1.82, 2.24) is 20.0 Å². The number of rotatable bonds is 2. The lowest BCUT2D eigenvalue weighted by atomic mass is 10.2. The second kappa shape index (κ2) is 5.46. The molecular weight excluding hydrogens is 252 g/mol. The number of carbonyl (C=O) groups is 1. The molecule has 5 nitrogen and oxygen atoms in total. The molecule has 1 fully saturated rings. The van der Waals surface area contributed by atoms with Gasteiger partial charge in [-0.25, -0.2) is 4.68 Å². The standard InChI is InChI=1S/C15H18N4O/c1-12-11-16-8-10-18(12)15(20)14-7-9-19(17-14)13-5-3-2-4-6-13/h2-7,9,12,16H,8,10-11H2,1H3. The van der Waals surface area contributed by atoms with Crippen LogP contribution in [-0.4, -0.2) is 46.3 Å². The molecule has 0 spiro atoms. The van der Waals surface area contributed by atoms with Crippen LogP contribution in [0, 0.1) is 0 Å². The van der Waals surface area contributed by atoms with E-state index in [9.17, 15) is 4.79 Å². The van der Waals surface area contributed by atoms with Crippen molar-refractivity contribution in [3.8, 4) is 5.69 Å². The highest BCUT2D eigenvalue weighted by Gasteiger charge is 2.25. The van der Waals surface area contributed by atoms with Crippen LogP contribution >= 0.6 is 0 Å². The Morgan fingerprint density at radius 3 is 2.85 bits per heavy atom. The van der Waals surface area contributed by atoms with Gasteiger partial charge < -0.3 is 10.2 Å². The molecule has 1 aromatic heterocycles. The quantitative estimate of drug-likeness (QED) is 0.895. The number of nitrogens with one attached hydrogen (secondary N) is 1. The minimum atomic E-state index is 0.00804. The number of piperazine rings is 1. The zero-order chi connectivity index (χ0) is 13.9. The number of hydrogen-bond acceptors (Lipinski definition) is 3. The molecule has 1 saturated heterocycles. The molecule has 0 bridgehead atoms. The minimum absolute atomic E-state index is 0.00804. The number of carbonyl (C=O) groups excluding carboxylic acids is 1. The van der Waals surface area contributed by atoms with E-state index in [1.54, 1.807) is 10.7 Å². The lowest BCUT2D eigenvalue weighted by molar-refractivity contribution is 0.0649. The molecule has 20 heavy (non-hydrogen) atoms. The number of benzene rings is 1. The van der Waals surface area contributed by atoms with Crippen molar-refractivity contribution in [3.05, 3.63) is 48.3 Å². The van der Waals surface area contributed by atoms with E-state index in [1.165, 1.54) is 0 Å². The lowest BCUT2D eigenvalue weighted by Gasteiger charge is -2.33. The zero-order valence-electron chi connectivity index (χ0n) is 11.5. The second-order valence-corrected chi connectivity index (χ2v) is 5.03. The van der Waals surface area contributed by atoms with E-state index in [0.29, 0.717) is 5.69 Å². The SMILES string of the molecule is CC1CNCCN1C(=O)c1ccn(-c2ccccc2)n1. The molecule has 2 aromatic rings. The second-order valence-electron chi connectivity index (χ2n) is 5.03. The van der Waals surface area contributed by atoms with Crippen LogP contribution in [0.3, 0.4) is 0 Å². The molecule has 1 N–H and O–H groups in total. The summed E-state index contributed by atoms with van der Waals surface area (Å²) in [6.07, 6.45) is 1.83. The largest absolute Gasteiger partial charge is 0.332 e. The molecule has 104 valence electrons. The summed E-state index contributed by atoms with van der Waals surface area (Å²) in [6, 6.07) is 11.8. The van der Waals surface area contributed by atoms with Gasteiger partial charge in [-0.3, -0.25) is 4.79 Å². The summed E-state index contributed by atoms with van der Waals surface area (Å²) in [7, 11) is 0. The fourth-order valence-electron chi connectivity index (χ4n) is 2.45. The summed E-state index contributed by atoms with van der Waals surface area (Å²) in [5, 5.41) is 7.68. The number of aromatic nitrogens is 2. The molecule has 3 rings (SSSR count). The maximum absolute atomic E-state index is 12.5. The number of amides is 1. The highest BCUT2D eigenvalue weighted by atomic mass is 16.2. The molecule has 0 saturated carbocycles. The summed E-state index contributed by atoms with van der Waals surface area (Å²) in [5.41, 5.74) is 1.46. The van der Waals surface area contributed by atoms with E-state index in [4.69, 9.17) is 0 Å². The third kappa shape index (κ3) is 2.44. The van der Waals surface area contributed by atoms with Crippen LogP contribution in [0.4, 0.5) is 0 Å². The van der Waals surface area contributed by atoms with Crippen molar-refractivity contribution < 1.29 is 4.79 Å². The molecule has 1 aromatic carbocycles. The van der Waals surface area contributed by atoms with E-state index in [-0.39, 0.29) is 11.9 Å². The summed E-state index contributed by atoms with van der Waals surface area (Å²) in [5.74, 6) is 0.00804. The van der Waals surface area contributed by atoms with Crippen molar-refractivity contribution in [2.45, 2.75) is 13.0 Å². The van der Waals surface area contributed by atoms with Gasteiger partial charge in [0.15, 0.2) is 5.69 Å². The fourth-order valence-corrected chi connectivity index (χ4v) is 2.45. The Morgan fingerprint density at radius 1 is 1.30 bits per heavy atom. The van der Waals surface area contributed by atoms with Crippen LogP contribution in [0.5, 0.6) is 0 Å². The van der Waals surface area contributed by atoms with Crippen molar-refractivity contribution in [3.63, 3.8) is 0 Å². The van der Waals surface area contributed by atoms with E-state index in [2.05, 4.69) is 17.3 Å². The molecule has 2 heterocycles. The smallest absolute Gasteiger partial charge is 0.274 e. The molecule has 1 amide bonds. The van der Waals surface area contributed by atoms with E-state index < -0.39 is 0 Å². The van der Waals surface area contributed by atoms with Gasteiger partial charge in [-0.2, -0.15) is 5.10 Å². The van der Waals surface area contributed by atoms with Gasteiger partial charge in [0.05, 0.1) is 5.69 Å². The Bertz CT molecular complexity index is 593. The van der Waals surface area contributed by atoms with Gasteiger partial charge in [0.1, 0.15) is 0 Å². The Balaban J connectivity index is 1.81. The average Bonchev–Trinajstić information content (AvgIpc) is 2.98. The number of nitrogens with zero attached hydrogens (tertiary/aromatic N) is 3. The van der Waals surface area contributed by atoms with Crippen LogP contribution in [0.15, 0.2) is 42.6 Å². The highest BCUT2D eigenvalue weighted by Crippen LogP contribution is 2.11. The monoisotopic (exact) mass is 270 g/mol. The van der Waals surface area contributed by atoms with Crippen LogP contribution in [0.1, 0.15) is 17.4 Å². The van der Waals surface area contributed by atoms with Crippen molar-refractivity contribution in [1.29, 1.82) is 0 Å². The Labute approximate surface area is 118 Å². The summed E-state index contributed by atoms with van der Waals surface area (Å²) in [4.78, 5) is 14.4. The summed E-state index contributed by atoms with van der Waals surface area (Å²) >= 11 is 0. The molecule has 0 radical (unpaired) electrons. The van der Waals surface area contributed by atoms with Gasteiger partial charge in [-0.15, -0.1) is 0 Å². The van der Waals surface area contributed by atoms with E-state index >= 15 is 0 Å². The van der Waals surface area contributed by atoms with Gasteiger partial charge >= 0.3 is 0 Å². The number of hydrogen-bond donors (Lipinski definition) is 1. The average molecular weight is 270 g/mol. The normalized spacial score (nSPS) is 19.1. The molecular formula is C15H18N4O. The van der Waals surface area contributed by atoms with Gasteiger partial charge in [0.25, 0.3) is 5.91 Å². The van der Waals surface area contributed by atoms with Crippen LogP contribution in [0.25, 0.3) is 5.69 Å². The summed E-state index contributed by atoms with van der Waals surface area (Å²) in [6.45, 7) is 4.47. The first kappa shape index (κ1) is 12.9. The van der Waals surface area contributed by atoms with E-state index in [0.717, 1.165) is 25.3 Å². The summed E-state index contributed by atoms with van der Waals surface area (Å²) < 4.78 is 1.74. The number of para-hydroxylation sites is 1. The zero-order valence-corrected chi connectivity index (χ0v) is 11.5. The molecule has 1 unspecified atom stereocenters. The first-order valence-electron chi connectivity index (χ1n) is 6.88. The van der Waals surface area contributed by atoms with Gasteiger partial charge in [0.2, 0.25) is 0 Å². The van der Waals surface area contributed by atoms with Gasteiger partial charge in [-0.05, 0) is 25.1 Å². The maximum atomic E-state index is 12.5. The van der Waals surface area contributed by atoms with Crippen LogP contribution in [-0.2, 0) is 0 Å². The van der Waals surface area contributed by atoms with Crippen molar-refractivity contribution in [2.24, 2.45) is 0 Å². The Kier molecular flexibility index (Phi) is 3.52. The minimum Gasteiger partial charge on any atom is -0.332 e. The Morgan fingerprint density at radius 2 is 2.10 bits per heavy atom. The maximum Gasteiger partial charge on any atom is 0.274 e. The predicted octanol–water partition coefficient (Wildman–Crippen LogP) is 1.31. The lowest BCUT2D eigenvalue weighted by Crippen LogP contribution is -2.52. The van der Waals surface area contributed by atoms with Gasteiger partial charge in [0, 0.05) is 31.9 Å². The van der Waals surface area contributed by atoms with E-state index in [1.807, 2.05) is 41.4 Å². The van der Waals surface area contributed by atoms with Crippen molar-refractivity contribution in [2.75, 3.05) is 19.6 Å². The molecule has 1 aliphatic heterocycles. The molecule has 5 heteroatoms. The molecule has 1 atom stereocenters. The Hall–Kier alpha value is -2.14. The predicted molar refractivity (Wildman–Crippen MR) is 76.9 cm³/mol. The topological polar surface area (TPSA) is 50.2 Å². The van der Waals surface area contributed by atoms with Crippen LogP contribution < -0.4 is 5.32 Å². The van der Waals surface area contributed by atoms with Crippen molar-refractivity contribution >= 4 is 5.91 Å². The fraction of sp³-hybridized carbons (Fsp3) is 0.333.